The SMILES string of the molecule is O=S(=O)(O)Cn1ccnc1Cl. The van der Waals surface area contributed by atoms with Crippen LogP contribution in [0.4, 0.5) is 0 Å². The predicted octanol–water partition coefficient (Wildman–Crippen LogP) is 0.382. The van der Waals surface area contributed by atoms with Gasteiger partial charge in [0, 0.05) is 12.4 Å². The van der Waals surface area contributed by atoms with E-state index in [0.717, 1.165) is 4.57 Å². The van der Waals surface area contributed by atoms with Crippen LogP contribution in [0.5, 0.6) is 0 Å². The summed E-state index contributed by atoms with van der Waals surface area (Å²) in [4.78, 5) is 3.55. The zero-order valence-electron chi connectivity index (χ0n) is 5.31. The highest BCUT2D eigenvalue weighted by molar-refractivity contribution is 7.84. The third-order valence-electron chi connectivity index (χ3n) is 0.967. The molecule has 0 aliphatic rings. The fourth-order valence-corrected chi connectivity index (χ4v) is 1.39. The first-order valence-corrected chi connectivity index (χ1v) is 4.59. The Morgan fingerprint density at radius 1 is 1.73 bits per heavy atom. The minimum Gasteiger partial charge on any atom is -0.304 e. The van der Waals surface area contributed by atoms with Gasteiger partial charge in [0.1, 0.15) is 0 Å². The van der Waals surface area contributed by atoms with Gasteiger partial charge in [-0.2, -0.15) is 8.42 Å². The zero-order valence-corrected chi connectivity index (χ0v) is 6.88. The van der Waals surface area contributed by atoms with E-state index in [-0.39, 0.29) is 5.28 Å². The molecule has 0 amide bonds. The van der Waals surface area contributed by atoms with Crippen molar-refractivity contribution in [3.8, 4) is 0 Å². The van der Waals surface area contributed by atoms with Crippen molar-refractivity contribution >= 4 is 21.7 Å². The number of halogens is 1. The van der Waals surface area contributed by atoms with Gasteiger partial charge in [-0.3, -0.25) is 4.55 Å². The molecule has 0 aliphatic heterocycles. The maximum absolute atomic E-state index is 10.3. The normalized spacial score (nSPS) is 11.8. The van der Waals surface area contributed by atoms with Crippen molar-refractivity contribution in [1.29, 1.82) is 0 Å². The molecule has 0 aromatic carbocycles. The monoisotopic (exact) mass is 196 g/mol. The largest absolute Gasteiger partial charge is 0.304 e. The van der Waals surface area contributed by atoms with E-state index in [1.54, 1.807) is 0 Å². The smallest absolute Gasteiger partial charge is 0.283 e. The summed E-state index contributed by atoms with van der Waals surface area (Å²) in [5, 5.41) is 0.0302. The Bertz CT molecular complexity index is 344. The van der Waals surface area contributed by atoms with Crippen molar-refractivity contribution in [2.24, 2.45) is 0 Å². The Kier molecular flexibility index (Phi) is 2.17. The molecular formula is C4H5ClN2O3S. The van der Waals surface area contributed by atoms with Gasteiger partial charge in [-0.05, 0) is 11.6 Å². The van der Waals surface area contributed by atoms with E-state index in [2.05, 4.69) is 4.98 Å². The van der Waals surface area contributed by atoms with Gasteiger partial charge < -0.3 is 4.57 Å². The topological polar surface area (TPSA) is 72.2 Å². The molecule has 0 spiro atoms. The number of hydrogen-bond acceptors (Lipinski definition) is 3. The van der Waals surface area contributed by atoms with E-state index in [1.165, 1.54) is 12.4 Å². The highest BCUT2D eigenvalue weighted by Crippen LogP contribution is 2.05. The van der Waals surface area contributed by atoms with Gasteiger partial charge in [-0.25, -0.2) is 4.98 Å². The molecule has 7 heteroatoms. The summed E-state index contributed by atoms with van der Waals surface area (Å²) < 4.78 is 30.1. The lowest BCUT2D eigenvalue weighted by atomic mass is 10.9. The number of aromatic nitrogens is 2. The van der Waals surface area contributed by atoms with Gasteiger partial charge in [0.15, 0.2) is 5.88 Å². The average molecular weight is 197 g/mol. The molecule has 0 aliphatic carbocycles. The first-order chi connectivity index (χ1) is 4.99. The van der Waals surface area contributed by atoms with E-state index in [4.69, 9.17) is 16.2 Å². The minimum atomic E-state index is -4.03. The molecule has 0 atom stereocenters. The summed E-state index contributed by atoms with van der Waals surface area (Å²) in [7, 11) is -4.03. The standard InChI is InChI=1S/C4H5ClN2O3S/c5-4-6-1-2-7(4)3-11(8,9)10/h1-2H,3H2,(H,8,9,10). The average Bonchev–Trinajstić information content (AvgIpc) is 2.12. The van der Waals surface area contributed by atoms with Gasteiger partial charge >= 0.3 is 0 Å². The Balaban J connectivity index is 2.89. The van der Waals surface area contributed by atoms with Crippen molar-refractivity contribution in [3.05, 3.63) is 17.7 Å². The Morgan fingerprint density at radius 2 is 2.36 bits per heavy atom. The van der Waals surface area contributed by atoms with Crippen LogP contribution in [0, 0.1) is 0 Å². The Hall–Kier alpha value is -0.590. The van der Waals surface area contributed by atoms with E-state index < -0.39 is 16.0 Å². The second-order valence-electron chi connectivity index (χ2n) is 1.88. The maximum atomic E-state index is 10.3. The Labute approximate surface area is 68.4 Å². The van der Waals surface area contributed by atoms with Gasteiger partial charge in [-0.1, -0.05) is 0 Å². The van der Waals surface area contributed by atoms with E-state index in [0.29, 0.717) is 0 Å². The molecule has 1 aromatic rings. The second kappa shape index (κ2) is 2.80. The fourth-order valence-electron chi connectivity index (χ4n) is 0.583. The zero-order chi connectivity index (χ0) is 8.48. The van der Waals surface area contributed by atoms with Crippen LogP contribution in [0.1, 0.15) is 0 Å². The summed E-state index contributed by atoms with van der Waals surface area (Å²) in [6.07, 6.45) is 2.70. The van der Waals surface area contributed by atoms with Crippen LogP contribution in [0.3, 0.4) is 0 Å². The molecule has 0 saturated heterocycles. The fraction of sp³-hybridized carbons (Fsp3) is 0.250. The minimum absolute atomic E-state index is 0.0302. The lowest BCUT2D eigenvalue weighted by Crippen LogP contribution is -2.08. The molecular weight excluding hydrogens is 192 g/mol. The van der Waals surface area contributed by atoms with Crippen LogP contribution in [-0.4, -0.2) is 22.5 Å². The van der Waals surface area contributed by atoms with E-state index in [1.807, 2.05) is 0 Å². The molecule has 1 N–H and O–H groups in total. The number of rotatable bonds is 2. The molecule has 0 radical (unpaired) electrons. The molecule has 0 fully saturated rings. The number of nitrogens with zero attached hydrogens (tertiary/aromatic N) is 2. The van der Waals surface area contributed by atoms with Crippen LogP contribution >= 0.6 is 11.6 Å². The van der Waals surface area contributed by atoms with Crippen LogP contribution < -0.4 is 0 Å². The Morgan fingerprint density at radius 3 is 2.73 bits per heavy atom. The first-order valence-electron chi connectivity index (χ1n) is 2.61. The quantitative estimate of drug-likeness (QED) is 0.695. The third-order valence-corrected chi connectivity index (χ3v) is 1.89. The van der Waals surface area contributed by atoms with Crippen LogP contribution in [0.15, 0.2) is 12.4 Å². The highest BCUT2D eigenvalue weighted by Gasteiger charge is 2.07. The number of imidazole rings is 1. The summed E-state index contributed by atoms with van der Waals surface area (Å²) in [5.74, 6) is -0.564. The summed E-state index contributed by atoms with van der Waals surface area (Å²) in [6.45, 7) is 0. The van der Waals surface area contributed by atoms with Crippen molar-refractivity contribution in [3.63, 3.8) is 0 Å². The molecule has 1 rings (SSSR count). The van der Waals surface area contributed by atoms with Gasteiger partial charge in [0.05, 0.1) is 0 Å². The first kappa shape index (κ1) is 8.51. The summed E-state index contributed by atoms with van der Waals surface area (Å²) >= 11 is 5.42. The molecule has 0 unspecified atom stereocenters. The van der Waals surface area contributed by atoms with Crippen molar-refractivity contribution in [2.45, 2.75) is 5.88 Å². The molecule has 1 heterocycles. The summed E-state index contributed by atoms with van der Waals surface area (Å²) in [5.41, 5.74) is 0. The van der Waals surface area contributed by atoms with Gasteiger partial charge in [0.25, 0.3) is 10.1 Å². The molecule has 11 heavy (non-hydrogen) atoms. The van der Waals surface area contributed by atoms with E-state index >= 15 is 0 Å². The van der Waals surface area contributed by atoms with Gasteiger partial charge in [-0.15, -0.1) is 0 Å². The molecule has 62 valence electrons. The van der Waals surface area contributed by atoms with Crippen LogP contribution in [-0.2, 0) is 16.0 Å². The van der Waals surface area contributed by atoms with Crippen LogP contribution in [0.2, 0.25) is 5.28 Å². The van der Waals surface area contributed by atoms with E-state index in [9.17, 15) is 8.42 Å². The van der Waals surface area contributed by atoms with Crippen molar-refractivity contribution in [2.75, 3.05) is 0 Å². The van der Waals surface area contributed by atoms with Crippen molar-refractivity contribution < 1.29 is 13.0 Å². The molecule has 1 aromatic heterocycles. The van der Waals surface area contributed by atoms with Gasteiger partial charge in [0.2, 0.25) is 5.28 Å². The van der Waals surface area contributed by atoms with Crippen molar-refractivity contribution in [1.82, 2.24) is 9.55 Å². The highest BCUT2D eigenvalue weighted by atomic mass is 35.5. The molecule has 0 saturated carbocycles. The molecule has 5 nitrogen and oxygen atoms in total. The lowest BCUT2D eigenvalue weighted by Gasteiger charge is -1.98. The maximum Gasteiger partial charge on any atom is 0.283 e. The predicted molar refractivity (Wildman–Crippen MR) is 38.8 cm³/mol. The van der Waals surface area contributed by atoms with Crippen LogP contribution in [0.25, 0.3) is 0 Å². The lowest BCUT2D eigenvalue weighted by molar-refractivity contribution is 0.471. The summed E-state index contributed by atoms with van der Waals surface area (Å²) in [6, 6.07) is 0. The third kappa shape index (κ3) is 2.49. The molecule has 0 bridgehead atoms. The second-order valence-corrected chi connectivity index (χ2v) is 3.64. The number of hydrogen-bond donors (Lipinski definition) is 1.